The molecule has 1 aromatic rings. The monoisotopic (exact) mass is 267 g/mol. The normalized spacial score (nSPS) is 9.63. The van der Waals surface area contributed by atoms with Crippen LogP contribution in [-0.2, 0) is 9.53 Å². The lowest BCUT2D eigenvalue weighted by Crippen LogP contribution is -2.30. The van der Waals surface area contributed by atoms with Crippen LogP contribution in [0.3, 0.4) is 0 Å². The molecule has 0 aliphatic rings. The summed E-state index contributed by atoms with van der Waals surface area (Å²) in [6.45, 7) is 1.79. The van der Waals surface area contributed by atoms with Crippen LogP contribution in [0, 0.1) is 0 Å². The lowest BCUT2D eigenvalue weighted by Gasteiger charge is -2.12. The number of carbonyl (C=O) groups excluding carboxylic acids is 2. The predicted octanol–water partition coefficient (Wildman–Crippen LogP) is 0.997. The van der Waals surface area contributed by atoms with Crippen molar-refractivity contribution in [2.45, 2.75) is 6.92 Å². The number of para-hydroxylation sites is 1. The topological polar surface area (TPSA) is 73.9 Å². The van der Waals surface area contributed by atoms with Crippen LogP contribution in [0.25, 0.3) is 0 Å². The first-order valence-electron chi connectivity index (χ1n) is 5.78. The van der Waals surface area contributed by atoms with E-state index >= 15 is 0 Å². The number of rotatable bonds is 6. The van der Waals surface area contributed by atoms with Crippen molar-refractivity contribution in [1.29, 1.82) is 0 Å². The molecule has 0 saturated heterocycles. The summed E-state index contributed by atoms with van der Waals surface area (Å²) in [4.78, 5) is 23.1. The van der Waals surface area contributed by atoms with Crippen LogP contribution >= 0.6 is 0 Å². The quantitative estimate of drug-likeness (QED) is 0.778. The van der Waals surface area contributed by atoms with E-state index in [-0.39, 0.29) is 13.2 Å². The van der Waals surface area contributed by atoms with Crippen molar-refractivity contribution >= 4 is 11.9 Å². The van der Waals surface area contributed by atoms with Gasteiger partial charge in [-0.15, -0.1) is 0 Å². The zero-order valence-corrected chi connectivity index (χ0v) is 11.2. The molecule has 104 valence electrons. The van der Waals surface area contributed by atoms with Gasteiger partial charge in [0.25, 0.3) is 5.91 Å². The largest absolute Gasteiger partial charge is 0.493 e. The van der Waals surface area contributed by atoms with Gasteiger partial charge in [0.05, 0.1) is 26.4 Å². The molecule has 0 spiro atoms. The van der Waals surface area contributed by atoms with Crippen LogP contribution in [0.4, 0.5) is 0 Å². The fourth-order valence-electron chi connectivity index (χ4n) is 1.53. The maximum Gasteiger partial charge on any atom is 0.325 e. The Morgan fingerprint density at radius 3 is 2.53 bits per heavy atom. The summed E-state index contributed by atoms with van der Waals surface area (Å²) in [5.74, 6) is -0.140. The zero-order chi connectivity index (χ0) is 14.3. The highest BCUT2D eigenvalue weighted by Gasteiger charge is 2.16. The number of hydrogen-bond acceptors (Lipinski definition) is 5. The molecule has 0 aliphatic heterocycles. The minimum atomic E-state index is -0.488. The fraction of sp³-hybridized carbons (Fsp3) is 0.385. The Morgan fingerprint density at radius 1 is 1.21 bits per heavy atom. The first-order valence-corrected chi connectivity index (χ1v) is 5.78. The van der Waals surface area contributed by atoms with Crippen molar-refractivity contribution in [3.63, 3.8) is 0 Å². The zero-order valence-electron chi connectivity index (χ0n) is 11.2. The van der Waals surface area contributed by atoms with E-state index in [1.165, 1.54) is 14.2 Å². The molecule has 1 aromatic carbocycles. The van der Waals surface area contributed by atoms with Crippen molar-refractivity contribution in [2.75, 3.05) is 27.4 Å². The Morgan fingerprint density at radius 2 is 1.95 bits per heavy atom. The van der Waals surface area contributed by atoms with Gasteiger partial charge in [0.15, 0.2) is 11.5 Å². The summed E-state index contributed by atoms with van der Waals surface area (Å²) >= 11 is 0. The van der Waals surface area contributed by atoms with Gasteiger partial charge in [-0.1, -0.05) is 6.07 Å². The highest BCUT2D eigenvalue weighted by molar-refractivity contribution is 5.99. The number of nitrogens with one attached hydrogen (secondary N) is 1. The average molecular weight is 267 g/mol. The van der Waals surface area contributed by atoms with Crippen LogP contribution in [0.1, 0.15) is 17.3 Å². The molecule has 1 rings (SSSR count). The van der Waals surface area contributed by atoms with Gasteiger partial charge in [-0.2, -0.15) is 0 Å². The van der Waals surface area contributed by atoms with Gasteiger partial charge in [0, 0.05) is 0 Å². The first-order chi connectivity index (χ1) is 9.13. The molecule has 0 atom stereocenters. The summed E-state index contributed by atoms with van der Waals surface area (Å²) in [5.41, 5.74) is 0.297. The summed E-state index contributed by atoms with van der Waals surface area (Å²) in [7, 11) is 2.93. The molecule has 6 heteroatoms. The molecule has 19 heavy (non-hydrogen) atoms. The van der Waals surface area contributed by atoms with Gasteiger partial charge in [-0.25, -0.2) is 0 Å². The summed E-state index contributed by atoms with van der Waals surface area (Å²) in [6, 6.07) is 4.93. The van der Waals surface area contributed by atoms with Gasteiger partial charge >= 0.3 is 5.97 Å². The molecule has 0 aromatic heterocycles. The SMILES string of the molecule is CCOC(=O)CNC(=O)c1cccc(OC)c1OC. The molecule has 1 N–H and O–H groups in total. The van der Waals surface area contributed by atoms with Crippen LogP contribution in [-0.4, -0.2) is 39.2 Å². The highest BCUT2D eigenvalue weighted by Crippen LogP contribution is 2.30. The Bertz CT molecular complexity index is 458. The third kappa shape index (κ3) is 3.87. The molecule has 1 amide bonds. The second-order valence-electron chi connectivity index (χ2n) is 3.53. The van der Waals surface area contributed by atoms with E-state index < -0.39 is 11.9 Å². The lowest BCUT2D eigenvalue weighted by molar-refractivity contribution is -0.141. The van der Waals surface area contributed by atoms with E-state index in [1.54, 1.807) is 25.1 Å². The number of methoxy groups -OCH3 is 2. The van der Waals surface area contributed by atoms with Gasteiger partial charge in [-0.3, -0.25) is 9.59 Å². The second-order valence-corrected chi connectivity index (χ2v) is 3.53. The van der Waals surface area contributed by atoms with Crippen LogP contribution in [0.2, 0.25) is 0 Å². The maximum absolute atomic E-state index is 11.9. The van der Waals surface area contributed by atoms with Gasteiger partial charge in [-0.05, 0) is 19.1 Å². The Hall–Kier alpha value is -2.24. The summed E-state index contributed by atoms with van der Waals surface area (Å²) in [5, 5.41) is 2.46. The van der Waals surface area contributed by atoms with Crippen molar-refractivity contribution in [2.24, 2.45) is 0 Å². The van der Waals surface area contributed by atoms with E-state index in [4.69, 9.17) is 14.2 Å². The summed E-state index contributed by atoms with van der Waals surface area (Å²) in [6.07, 6.45) is 0. The van der Waals surface area contributed by atoms with E-state index in [2.05, 4.69) is 5.32 Å². The molecule has 0 aliphatic carbocycles. The van der Waals surface area contributed by atoms with E-state index in [1.807, 2.05) is 0 Å². The smallest absolute Gasteiger partial charge is 0.325 e. The molecule has 0 fully saturated rings. The number of amides is 1. The van der Waals surface area contributed by atoms with E-state index in [0.717, 1.165) is 0 Å². The number of ether oxygens (including phenoxy) is 3. The Kier molecular flexibility index (Phi) is 5.66. The number of benzene rings is 1. The molecule has 0 saturated carbocycles. The molecule has 0 radical (unpaired) electrons. The minimum Gasteiger partial charge on any atom is -0.493 e. The number of esters is 1. The number of carbonyl (C=O) groups is 2. The van der Waals surface area contributed by atoms with Gasteiger partial charge < -0.3 is 19.5 Å². The second kappa shape index (κ2) is 7.25. The third-order valence-electron chi connectivity index (χ3n) is 2.35. The molecule has 0 unspecified atom stereocenters. The van der Waals surface area contributed by atoms with E-state index in [0.29, 0.717) is 17.1 Å². The number of hydrogen-bond donors (Lipinski definition) is 1. The molecule has 6 nitrogen and oxygen atoms in total. The highest BCUT2D eigenvalue weighted by atomic mass is 16.5. The average Bonchev–Trinajstić information content (AvgIpc) is 2.44. The minimum absolute atomic E-state index is 0.187. The van der Waals surface area contributed by atoms with Gasteiger partial charge in [0.2, 0.25) is 0 Å². The summed E-state index contributed by atoms with van der Waals surface area (Å²) < 4.78 is 15.0. The molecule has 0 bridgehead atoms. The predicted molar refractivity (Wildman–Crippen MR) is 68.5 cm³/mol. The van der Waals surface area contributed by atoms with Crippen LogP contribution in [0.5, 0.6) is 11.5 Å². The standard InChI is InChI=1S/C13H17NO5/c1-4-19-11(15)8-14-13(16)9-6-5-7-10(17-2)12(9)18-3/h5-7H,4,8H2,1-3H3,(H,14,16). The van der Waals surface area contributed by atoms with Crippen LogP contribution < -0.4 is 14.8 Å². The Balaban J connectivity index is 2.79. The third-order valence-corrected chi connectivity index (χ3v) is 2.35. The molecular formula is C13H17NO5. The molecular weight excluding hydrogens is 250 g/mol. The maximum atomic E-state index is 11.9. The van der Waals surface area contributed by atoms with Crippen LogP contribution in [0.15, 0.2) is 18.2 Å². The first kappa shape index (κ1) is 14.8. The van der Waals surface area contributed by atoms with Crippen molar-refractivity contribution in [3.8, 4) is 11.5 Å². The van der Waals surface area contributed by atoms with Gasteiger partial charge in [0.1, 0.15) is 6.54 Å². The van der Waals surface area contributed by atoms with Crippen molar-refractivity contribution in [3.05, 3.63) is 23.8 Å². The lowest BCUT2D eigenvalue weighted by atomic mass is 10.1. The van der Waals surface area contributed by atoms with Crippen molar-refractivity contribution < 1.29 is 23.8 Å². The van der Waals surface area contributed by atoms with E-state index in [9.17, 15) is 9.59 Å². The van der Waals surface area contributed by atoms with Crippen molar-refractivity contribution in [1.82, 2.24) is 5.32 Å². The Labute approximate surface area is 111 Å². The fourth-order valence-corrected chi connectivity index (χ4v) is 1.53. The molecule has 0 heterocycles.